The lowest BCUT2D eigenvalue weighted by molar-refractivity contribution is -0.138. The summed E-state index contributed by atoms with van der Waals surface area (Å²) in [5.74, 6) is 0.848. The first-order chi connectivity index (χ1) is 20.8. The molecular formula is C41H66O3. The molecule has 0 heterocycles. The fourth-order valence-electron chi connectivity index (χ4n) is 6.27. The maximum Gasteiger partial charge on any atom is 0.314 e. The molecule has 2 rings (SSSR count). The molecule has 0 radical (unpaired) electrons. The first-order valence-corrected chi connectivity index (χ1v) is 18.0. The van der Waals surface area contributed by atoms with Gasteiger partial charge in [0.05, 0.1) is 5.92 Å². The molecule has 0 bridgehead atoms. The Hall–Kier alpha value is -2.29. The first-order valence-electron chi connectivity index (χ1n) is 18.0. The van der Waals surface area contributed by atoms with E-state index in [9.17, 15) is 9.90 Å². The molecule has 0 aromatic heterocycles. The summed E-state index contributed by atoms with van der Waals surface area (Å²) >= 11 is 0. The highest BCUT2D eigenvalue weighted by molar-refractivity contribution is 5.74. The molecule has 2 aromatic carbocycles. The Bertz CT molecular complexity index is 1040. The topological polar surface area (TPSA) is 46.5 Å². The van der Waals surface area contributed by atoms with Crippen LogP contribution in [0.5, 0.6) is 11.5 Å². The van der Waals surface area contributed by atoms with Crippen molar-refractivity contribution in [3.8, 4) is 11.5 Å². The van der Waals surface area contributed by atoms with E-state index in [1.54, 1.807) is 0 Å². The number of rotatable bonds is 20. The van der Waals surface area contributed by atoms with E-state index in [1.165, 1.54) is 89.0 Å². The molecule has 248 valence electrons. The Morgan fingerprint density at radius 2 is 1.14 bits per heavy atom. The third-order valence-corrected chi connectivity index (χ3v) is 9.13. The Kier molecular flexibility index (Phi) is 16.6. The molecule has 0 saturated carbocycles. The summed E-state index contributed by atoms with van der Waals surface area (Å²) in [5.41, 5.74) is 2.86. The number of aromatic hydroxyl groups is 1. The molecule has 44 heavy (non-hydrogen) atoms. The fraction of sp³-hybridized carbons (Fsp3) is 0.683. The van der Waals surface area contributed by atoms with Crippen molar-refractivity contribution < 1.29 is 14.6 Å². The molecule has 0 amide bonds. The standard InChI is InChI=1S/C41H66O3/c1-9-10-11-12-13-14-15-16-17-18-19-20-21-23-26-33(29-32(2)39(43)44-35-27-24-22-25-28-35)34-30-36(40(3,4)5)38(42)37(31-34)41(6,7)8/h22,24-25,27-28,30-33,42H,9-21,23,26,29H2,1-8H3. The number of phenolic OH excluding ortho intramolecular Hbond substituents is 1. The average Bonchev–Trinajstić information content (AvgIpc) is 2.96. The van der Waals surface area contributed by atoms with Gasteiger partial charge in [0.25, 0.3) is 0 Å². The number of esters is 1. The van der Waals surface area contributed by atoms with Gasteiger partial charge in [0, 0.05) is 0 Å². The van der Waals surface area contributed by atoms with E-state index in [-0.39, 0.29) is 28.6 Å². The highest BCUT2D eigenvalue weighted by Gasteiger charge is 2.29. The van der Waals surface area contributed by atoms with Crippen molar-refractivity contribution in [2.45, 2.75) is 175 Å². The minimum absolute atomic E-state index is 0.173. The smallest absolute Gasteiger partial charge is 0.314 e. The van der Waals surface area contributed by atoms with Crippen molar-refractivity contribution in [3.05, 3.63) is 59.2 Å². The Morgan fingerprint density at radius 3 is 1.57 bits per heavy atom. The van der Waals surface area contributed by atoms with Gasteiger partial charge in [-0.05, 0) is 58.4 Å². The molecule has 0 aliphatic carbocycles. The van der Waals surface area contributed by atoms with Crippen molar-refractivity contribution in [2.75, 3.05) is 0 Å². The number of carbonyl (C=O) groups is 1. The van der Waals surface area contributed by atoms with Crippen LogP contribution in [0.4, 0.5) is 0 Å². The molecule has 3 heteroatoms. The second-order valence-corrected chi connectivity index (χ2v) is 15.4. The van der Waals surface area contributed by atoms with Gasteiger partial charge in [-0.2, -0.15) is 0 Å². The number of para-hydroxylation sites is 1. The van der Waals surface area contributed by atoms with Crippen LogP contribution in [0.3, 0.4) is 0 Å². The number of phenols is 1. The summed E-state index contributed by atoms with van der Waals surface area (Å²) in [4.78, 5) is 13.1. The van der Waals surface area contributed by atoms with Gasteiger partial charge in [0.15, 0.2) is 0 Å². The van der Waals surface area contributed by atoms with Gasteiger partial charge in [0.1, 0.15) is 11.5 Å². The van der Waals surface area contributed by atoms with E-state index < -0.39 is 0 Å². The van der Waals surface area contributed by atoms with Crippen LogP contribution < -0.4 is 4.74 Å². The van der Waals surface area contributed by atoms with Gasteiger partial charge < -0.3 is 9.84 Å². The van der Waals surface area contributed by atoms with Crippen LogP contribution in [0.25, 0.3) is 0 Å². The molecule has 2 atom stereocenters. The van der Waals surface area contributed by atoms with Crippen LogP contribution in [0, 0.1) is 5.92 Å². The zero-order valence-corrected chi connectivity index (χ0v) is 29.8. The molecule has 0 saturated heterocycles. The summed E-state index contributed by atoms with van der Waals surface area (Å²) in [6.45, 7) is 17.3. The highest BCUT2D eigenvalue weighted by Crippen LogP contribution is 2.43. The number of benzene rings is 2. The minimum Gasteiger partial charge on any atom is -0.507 e. The first kappa shape index (κ1) is 37.9. The average molecular weight is 607 g/mol. The summed E-state index contributed by atoms with van der Waals surface area (Å²) in [6, 6.07) is 13.8. The molecule has 0 aliphatic heterocycles. The van der Waals surface area contributed by atoms with Crippen LogP contribution in [0.1, 0.15) is 181 Å². The fourth-order valence-corrected chi connectivity index (χ4v) is 6.27. The summed E-state index contributed by atoms with van der Waals surface area (Å²) in [5, 5.41) is 11.3. The van der Waals surface area contributed by atoms with Crippen molar-refractivity contribution in [1.82, 2.24) is 0 Å². The summed E-state index contributed by atoms with van der Waals surface area (Å²) in [7, 11) is 0. The second kappa shape index (κ2) is 19.3. The lowest BCUT2D eigenvalue weighted by Gasteiger charge is -2.30. The lowest BCUT2D eigenvalue weighted by Crippen LogP contribution is -2.22. The Balaban J connectivity index is 2.02. The summed E-state index contributed by atoms with van der Waals surface area (Å²) < 4.78 is 5.74. The van der Waals surface area contributed by atoms with Crippen molar-refractivity contribution in [2.24, 2.45) is 5.92 Å². The van der Waals surface area contributed by atoms with Gasteiger partial charge in [-0.1, -0.05) is 176 Å². The van der Waals surface area contributed by atoms with E-state index in [4.69, 9.17) is 4.74 Å². The molecule has 0 aliphatic rings. The van der Waals surface area contributed by atoms with Gasteiger partial charge in [0.2, 0.25) is 0 Å². The molecule has 3 nitrogen and oxygen atoms in total. The molecule has 0 fully saturated rings. The molecule has 2 aromatic rings. The Morgan fingerprint density at radius 1 is 0.705 bits per heavy atom. The van der Waals surface area contributed by atoms with Crippen molar-refractivity contribution >= 4 is 5.97 Å². The molecule has 0 spiro atoms. The van der Waals surface area contributed by atoms with Crippen molar-refractivity contribution in [3.63, 3.8) is 0 Å². The van der Waals surface area contributed by atoms with Crippen LogP contribution >= 0.6 is 0 Å². The normalized spacial score (nSPS) is 13.5. The van der Waals surface area contributed by atoms with Crippen LogP contribution in [0.2, 0.25) is 0 Å². The van der Waals surface area contributed by atoms with E-state index in [0.29, 0.717) is 11.5 Å². The molecule has 2 unspecified atom stereocenters. The summed E-state index contributed by atoms with van der Waals surface area (Å²) in [6.07, 6.45) is 20.7. The molecule has 1 N–H and O–H groups in total. The zero-order chi connectivity index (χ0) is 32.6. The number of unbranched alkanes of at least 4 members (excludes halogenated alkanes) is 13. The number of ether oxygens (including phenoxy) is 1. The quantitative estimate of drug-likeness (QED) is 0.0926. The Labute approximate surface area is 271 Å². The predicted molar refractivity (Wildman–Crippen MR) is 189 cm³/mol. The maximum atomic E-state index is 13.1. The second-order valence-electron chi connectivity index (χ2n) is 15.4. The maximum absolute atomic E-state index is 13.1. The monoisotopic (exact) mass is 607 g/mol. The van der Waals surface area contributed by atoms with Crippen LogP contribution in [0.15, 0.2) is 42.5 Å². The van der Waals surface area contributed by atoms with Gasteiger partial charge in [-0.3, -0.25) is 4.79 Å². The largest absolute Gasteiger partial charge is 0.507 e. The third kappa shape index (κ3) is 13.8. The van der Waals surface area contributed by atoms with E-state index in [1.807, 2.05) is 37.3 Å². The van der Waals surface area contributed by atoms with Gasteiger partial charge in [-0.15, -0.1) is 0 Å². The van der Waals surface area contributed by atoms with Crippen LogP contribution in [-0.4, -0.2) is 11.1 Å². The minimum atomic E-state index is -0.225. The van der Waals surface area contributed by atoms with E-state index in [2.05, 4.69) is 60.6 Å². The number of hydrogen-bond donors (Lipinski definition) is 1. The van der Waals surface area contributed by atoms with Crippen molar-refractivity contribution in [1.29, 1.82) is 0 Å². The zero-order valence-electron chi connectivity index (χ0n) is 29.8. The molecular weight excluding hydrogens is 540 g/mol. The van der Waals surface area contributed by atoms with E-state index in [0.717, 1.165) is 30.4 Å². The predicted octanol–water partition coefficient (Wildman–Crippen LogP) is 12.6. The number of carbonyl (C=O) groups excluding carboxylic acids is 1. The SMILES string of the molecule is CCCCCCCCCCCCCCCCC(CC(C)C(=O)Oc1ccccc1)c1cc(C(C)(C)C)c(O)c(C(C)(C)C)c1. The lowest BCUT2D eigenvalue weighted by atomic mass is 9.75. The van der Waals surface area contributed by atoms with Gasteiger partial charge in [-0.25, -0.2) is 0 Å². The third-order valence-electron chi connectivity index (χ3n) is 9.13. The van der Waals surface area contributed by atoms with Gasteiger partial charge >= 0.3 is 5.97 Å². The highest BCUT2D eigenvalue weighted by atomic mass is 16.5. The number of hydrogen-bond acceptors (Lipinski definition) is 3. The van der Waals surface area contributed by atoms with Crippen LogP contribution in [-0.2, 0) is 15.6 Å². The van der Waals surface area contributed by atoms with E-state index >= 15 is 0 Å².